The molecule has 0 atom stereocenters. The summed E-state index contributed by atoms with van der Waals surface area (Å²) in [6.07, 6.45) is 4.26. The standard InChI is InChI=1S/C19H26N2O5S/c1-2-19(9-10-19)13-20-17(22)14-7-11-21(12-8-14)27(25,26)16-6-4-3-5-15(16)18(23)24/h3-6,14H,2,7-13H2,1H3,(H,20,22)(H,23,24). The van der Waals surface area contributed by atoms with Crippen LogP contribution in [0.5, 0.6) is 0 Å². The van der Waals surface area contributed by atoms with E-state index >= 15 is 0 Å². The fourth-order valence-corrected chi connectivity index (χ4v) is 5.27. The van der Waals surface area contributed by atoms with E-state index in [-0.39, 0.29) is 40.8 Å². The van der Waals surface area contributed by atoms with Gasteiger partial charge in [-0.15, -0.1) is 0 Å². The summed E-state index contributed by atoms with van der Waals surface area (Å²) in [4.78, 5) is 23.5. The topological polar surface area (TPSA) is 104 Å². The number of nitrogens with one attached hydrogen (secondary N) is 1. The fraction of sp³-hybridized carbons (Fsp3) is 0.579. The number of piperidine rings is 1. The predicted molar refractivity (Wildman–Crippen MR) is 99.9 cm³/mol. The molecule has 1 aromatic rings. The Labute approximate surface area is 159 Å². The largest absolute Gasteiger partial charge is 0.478 e. The highest BCUT2D eigenvalue weighted by Crippen LogP contribution is 2.47. The SMILES string of the molecule is CCC1(CNC(=O)C2CCN(S(=O)(=O)c3ccccc3C(=O)O)CC2)CC1. The number of sulfonamides is 1. The number of aromatic carboxylic acids is 1. The Balaban J connectivity index is 1.61. The van der Waals surface area contributed by atoms with E-state index in [9.17, 15) is 23.1 Å². The van der Waals surface area contributed by atoms with E-state index < -0.39 is 16.0 Å². The summed E-state index contributed by atoms with van der Waals surface area (Å²) >= 11 is 0. The molecule has 0 aromatic heterocycles. The summed E-state index contributed by atoms with van der Waals surface area (Å²) in [5.74, 6) is -1.47. The molecule has 1 aliphatic heterocycles. The van der Waals surface area contributed by atoms with Crippen LogP contribution in [-0.4, -0.2) is 49.3 Å². The monoisotopic (exact) mass is 394 g/mol. The average Bonchev–Trinajstić information content (AvgIpc) is 3.46. The fourth-order valence-electron chi connectivity index (χ4n) is 3.62. The lowest BCUT2D eigenvalue weighted by Crippen LogP contribution is -2.44. The first-order valence-electron chi connectivity index (χ1n) is 9.39. The van der Waals surface area contributed by atoms with Crippen LogP contribution in [0.25, 0.3) is 0 Å². The highest BCUT2D eigenvalue weighted by atomic mass is 32.2. The molecule has 1 saturated carbocycles. The van der Waals surface area contributed by atoms with Crippen molar-refractivity contribution in [2.75, 3.05) is 19.6 Å². The minimum absolute atomic E-state index is 0.00212. The number of rotatable bonds is 7. The second-order valence-corrected chi connectivity index (χ2v) is 9.46. The summed E-state index contributed by atoms with van der Waals surface area (Å²) in [5.41, 5.74) is 0.0481. The average molecular weight is 394 g/mol. The number of amides is 1. The van der Waals surface area contributed by atoms with Crippen molar-refractivity contribution in [2.45, 2.75) is 43.9 Å². The molecule has 0 spiro atoms. The zero-order valence-electron chi connectivity index (χ0n) is 15.5. The van der Waals surface area contributed by atoms with Crippen LogP contribution in [0.2, 0.25) is 0 Å². The van der Waals surface area contributed by atoms with E-state index in [0.717, 1.165) is 19.3 Å². The van der Waals surface area contributed by atoms with E-state index in [0.29, 0.717) is 19.4 Å². The van der Waals surface area contributed by atoms with Gasteiger partial charge in [0.05, 0.1) is 10.5 Å². The molecule has 1 saturated heterocycles. The van der Waals surface area contributed by atoms with Crippen molar-refractivity contribution in [3.63, 3.8) is 0 Å². The first kappa shape index (κ1) is 19.8. The zero-order valence-corrected chi connectivity index (χ0v) is 16.3. The number of carbonyl (C=O) groups excluding carboxylic acids is 1. The summed E-state index contributed by atoms with van der Waals surface area (Å²) in [6.45, 7) is 3.27. The molecule has 0 unspecified atom stereocenters. The summed E-state index contributed by atoms with van der Waals surface area (Å²) in [5, 5.41) is 12.3. The van der Waals surface area contributed by atoms with Crippen LogP contribution >= 0.6 is 0 Å². The third-order valence-corrected chi connectivity index (χ3v) is 7.86. The molecular weight excluding hydrogens is 368 g/mol. The maximum absolute atomic E-state index is 12.9. The van der Waals surface area contributed by atoms with Crippen LogP contribution < -0.4 is 5.32 Å². The second kappa shape index (κ2) is 7.59. The Morgan fingerprint density at radius 2 is 1.85 bits per heavy atom. The highest BCUT2D eigenvalue weighted by molar-refractivity contribution is 7.89. The number of hydrogen-bond donors (Lipinski definition) is 2. The molecular formula is C19H26N2O5S. The lowest BCUT2D eigenvalue weighted by Gasteiger charge is -2.31. The van der Waals surface area contributed by atoms with Gasteiger partial charge in [0.15, 0.2) is 0 Å². The van der Waals surface area contributed by atoms with Gasteiger partial charge in [0.25, 0.3) is 0 Å². The first-order valence-corrected chi connectivity index (χ1v) is 10.8. The molecule has 148 valence electrons. The van der Waals surface area contributed by atoms with Crippen LogP contribution in [0.3, 0.4) is 0 Å². The number of carbonyl (C=O) groups is 2. The van der Waals surface area contributed by atoms with Crippen LogP contribution in [0.1, 0.15) is 49.4 Å². The van der Waals surface area contributed by atoms with Crippen molar-refractivity contribution in [1.82, 2.24) is 9.62 Å². The number of hydrogen-bond acceptors (Lipinski definition) is 4. The van der Waals surface area contributed by atoms with Gasteiger partial charge in [-0.1, -0.05) is 19.1 Å². The van der Waals surface area contributed by atoms with E-state index in [4.69, 9.17) is 0 Å². The molecule has 8 heteroatoms. The number of carboxylic acids is 1. The van der Waals surface area contributed by atoms with Crippen LogP contribution in [0.4, 0.5) is 0 Å². The first-order chi connectivity index (χ1) is 12.8. The molecule has 1 heterocycles. The summed E-state index contributed by atoms with van der Waals surface area (Å²) < 4.78 is 27.0. The Kier molecular flexibility index (Phi) is 5.58. The Bertz CT molecular complexity index is 824. The Morgan fingerprint density at radius 3 is 2.41 bits per heavy atom. The van der Waals surface area contributed by atoms with Crippen molar-refractivity contribution in [3.8, 4) is 0 Å². The Morgan fingerprint density at radius 1 is 1.22 bits per heavy atom. The van der Waals surface area contributed by atoms with Gasteiger partial charge in [-0.2, -0.15) is 4.31 Å². The predicted octanol–water partition coefficient (Wildman–Crippen LogP) is 2.09. The van der Waals surface area contributed by atoms with Crippen molar-refractivity contribution >= 4 is 21.9 Å². The molecule has 1 aliphatic carbocycles. The molecule has 0 bridgehead atoms. The third-order valence-electron chi connectivity index (χ3n) is 5.90. The van der Waals surface area contributed by atoms with Gasteiger partial charge < -0.3 is 10.4 Å². The summed E-state index contributed by atoms with van der Waals surface area (Å²) in [6, 6.07) is 5.62. The number of benzene rings is 1. The van der Waals surface area contributed by atoms with Crippen LogP contribution in [-0.2, 0) is 14.8 Å². The van der Waals surface area contributed by atoms with Crippen molar-refractivity contribution in [2.24, 2.45) is 11.3 Å². The van der Waals surface area contributed by atoms with Gasteiger partial charge in [-0.05, 0) is 49.7 Å². The normalized spacial score (nSPS) is 20.2. The molecule has 1 aromatic carbocycles. The van der Waals surface area contributed by atoms with Crippen LogP contribution in [0, 0.1) is 11.3 Å². The van der Waals surface area contributed by atoms with Crippen molar-refractivity contribution in [1.29, 1.82) is 0 Å². The van der Waals surface area contributed by atoms with E-state index in [2.05, 4.69) is 12.2 Å². The lowest BCUT2D eigenvalue weighted by molar-refractivity contribution is -0.126. The van der Waals surface area contributed by atoms with Gasteiger partial charge in [-0.3, -0.25) is 4.79 Å². The minimum atomic E-state index is -3.90. The van der Waals surface area contributed by atoms with Gasteiger partial charge in [0, 0.05) is 25.6 Å². The minimum Gasteiger partial charge on any atom is -0.478 e. The van der Waals surface area contributed by atoms with Gasteiger partial charge in [-0.25, -0.2) is 13.2 Å². The molecule has 2 aliphatic rings. The molecule has 0 radical (unpaired) electrons. The van der Waals surface area contributed by atoms with E-state index in [1.54, 1.807) is 0 Å². The summed E-state index contributed by atoms with van der Waals surface area (Å²) in [7, 11) is -3.90. The quantitative estimate of drug-likeness (QED) is 0.737. The zero-order chi connectivity index (χ0) is 19.7. The van der Waals surface area contributed by atoms with Crippen LogP contribution in [0.15, 0.2) is 29.2 Å². The third kappa shape index (κ3) is 4.16. The number of nitrogens with zero attached hydrogens (tertiary/aromatic N) is 1. The molecule has 2 fully saturated rings. The maximum atomic E-state index is 12.9. The number of carboxylic acid groups (broad SMARTS) is 1. The smallest absolute Gasteiger partial charge is 0.337 e. The van der Waals surface area contributed by atoms with E-state index in [1.165, 1.54) is 28.6 Å². The van der Waals surface area contributed by atoms with E-state index in [1.807, 2.05) is 0 Å². The van der Waals surface area contributed by atoms with Gasteiger partial charge in [0.1, 0.15) is 0 Å². The van der Waals surface area contributed by atoms with Crippen molar-refractivity contribution in [3.05, 3.63) is 29.8 Å². The molecule has 7 nitrogen and oxygen atoms in total. The van der Waals surface area contributed by atoms with Gasteiger partial charge >= 0.3 is 5.97 Å². The molecule has 1 amide bonds. The maximum Gasteiger partial charge on any atom is 0.337 e. The molecule has 2 N–H and O–H groups in total. The highest BCUT2D eigenvalue weighted by Gasteiger charge is 2.41. The Hall–Kier alpha value is -1.93. The molecule has 27 heavy (non-hydrogen) atoms. The lowest BCUT2D eigenvalue weighted by atomic mass is 9.96. The van der Waals surface area contributed by atoms with Crippen molar-refractivity contribution < 1.29 is 23.1 Å². The second-order valence-electron chi connectivity index (χ2n) is 7.55. The van der Waals surface area contributed by atoms with Gasteiger partial charge in [0.2, 0.25) is 15.9 Å². The molecule has 3 rings (SSSR count).